The summed E-state index contributed by atoms with van der Waals surface area (Å²) in [6.07, 6.45) is 6.77. The average molecular weight is 521 g/mol. The summed E-state index contributed by atoms with van der Waals surface area (Å²) in [7, 11) is 0. The molecule has 0 bridgehead atoms. The van der Waals surface area contributed by atoms with E-state index < -0.39 is 53.6 Å². The van der Waals surface area contributed by atoms with E-state index in [1.54, 1.807) is 12.2 Å². The molecule has 0 aromatic rings. The molecule has 206 valence electrons. The lowest BCUT2D eigenvalue weighted by molar-refractivity contribution is -0.179. The van der Waals surface area contributed by atoms with Crippen LogP contribution >= 0.6 is 0 Å². The fourth-order valence-corrected chi connectivity index (χ4v) is 7.77. The molecule has 4 rings (SSSR count). The Hall–Kier alpha value is -1.91. The summed E-state index contributed by atoms with van der Waals surface area (Å²) in [4.78, 5) is 37.0. The van der Waals surface area contributed by atoms with Gasteiger partial charge in [0.25, 0.3) is 0 Å². The first-order chi connectivity index (χ1) is 17.5. The van der Waals surface area contributed by atoms with Crippen molar-refractivity contribution < 1.29 is 44.3 Å². The SMILES string of the molecule is C[C@]12C=CC(=O)C=C1CCC1C2[C@@H](O)C[C@@]2(C)C1CC[C@]2(O)C(=O)COCCCC(=O)OC(CO)CO. The Morgan fingerprint density at radius 2 is 1.92 bits per heavy atom. The number of hydrogen-bond acceptors (Lipinski definition) is 9. The number of hydrogen-bond donors (Lipinski definition) is 4. The van der Waals surface area contributed by atoms with E-state index in [9.17, 15) is 24.6 Å². The summed E-state index contributed by atoms with van der Waals surface area (Å²) in [5, 5.41) is 41.1. The number of Topliss-reactive ketones (excluding diaryl/α,β-unsaturated/α-hetero) is 1. The minimum atomic E-state index is -1.60. The summed E-state index contributed by atoms with van der Waals surface area (Å²) in [6, 6.07) is 0. The fourth-order valence-electron chi connectivity index (χ4n) is 7.77. The zero-order valence-electron chi connectivity index (χ0n) is 21.7. The second-order valence-electron chi connectivity index (χ2n) is 11.7. The van der Waals surface area contributed by atoms with Gasteiger partial charge >= 0.3 is 5.97 Å². The average Bonchev–Trinajstić information content (AvgIpc) is 3.13. The van der Waals surface area contributed by atoms with Gasteiger partial charge in [0, 0.05) is 29.8 Å². The standard InChI is InChI=1S/C28H40O9/c1-26-9-7-18(31)12-17(26)5-6-20-21-8-10-28(35,27(21,2)13-22(32)25(20)26)23(33)16-36-11-3-4-24(34)37-19(14-29)15-30/h7,9,12,19-22,25,29-30,32,35H,3-6,8,10-11,13-16H2,1-2H3/t20?,21?,22-,25?,26-,27-,28-/m0/s1. The van der Waals surface area contributed by atoms with E-state index in [0.29, 0.717) is 25.7 Å². The van der Waals surface area contributed by atoms with Crippen molar-refractivity contribution >= 4 is 17.5 Å². The maximum atomic E-state index is 13.3. The molecule has 0 heterocycles. The summed E-state index contributed by atoms with van der Waals surface area (Å²) < 4.78 is 10.4. The Kier molecular flexibility index (Phi) is 8.12. The quantitative estimate of drug-likeness (QED) is 0.246. The summed E-state index contributed by atoms with van der Waals surface area (Å²) in [5.74, 6) is -0.867. The first kappa shape index (κ1) is 28.1. The molecule has 0 aliphatic heterocycles. The number of aliphatic hydroxyl groups is 4. The third-order valence-electron chi connectivity index (χ3n) is 9.72. The molecular formula is C28H40O9. The number of allylic oxidation sites excluding steroid dienone is 4. The Morgan fingerprint density at radius 3 is 2.62 bits per heavy atom. The first-order valence-electron chi connectivity index (χ1n) is 13.4. The number of carbonyl (C=O) groups is 3. The molecule has 37 heavy (non-hydrogen) atoms. The van der Waals surface area contributed by atoms with Gasteiger partial charge in [0.1, 0.15) is 18.3 Å². The van der Waals surface area contributed by atoms with Crippen LogP contribution in [0, 0.1) is 28.6 Å². The third-order valence-corrected chi connectivity index (χ3v) is 9.72. The monoisotopic (exact) mass is 520 g/mol. The van der Waals surface area contributed by atoms with Gasteiger partial charge in [-0.25, -0.2) is 0 Å². The van der Waals surface area contributed by atoms with Gasteiger partial charge < -0.3 is 29.9 Å². The van der Waals surface area contributed by atoms with Gasteiger partial charge in [-0.05, 0) is 62.5 Å². The Morgan fingerprint density at radius 1 is 1.19 bits per heavy atom. The van der Waals surface area contributed by atoms with Gasteiger partial charge in [-0.3, -0.25) is 14.4 Å². The van der Waals surface area contributed by atoms with Crippen molar-refractivity contribution in [3.8, 4) is 0 Å². The smallest absolute Gasteiger partial charge is 0.306 e. The van der Waals surface area contributed by atoms with Crippen LogP contribution in [0.25, 0.3) is 0 Å². The molecule has 0 spiro atoms. The highest BCUT2D eigenvalue weighted by Gasteiger charge is 2.68. The highest BCUT2D eigenvalue weighted by molar-refractivity contribution is 6.01. The van der Waals surface area contributed by atoms with Crippen molar-refractivity contribution in [1.29, 1.82) is 0 Å². The van der Waals surface area contributed by atoms with Crippen molar-refractivity contribution in [3.05, 3.63) is 23.8 Å². The van der Waals surface area contributed by atoms with Crippen LogP contribution < -0.4 is 0 Å². The molecule has 0 amide bonds. The molecule has 9 nitrogen and oxygen atoms in total. The van der Waals surface area contributed by atoms with Crippen LogP contribution in [0.15, 0.2) is 23.8 Å². The Labute approximate surface area is 217 Å². The van der Waals surface area contributed by atoms with E-state index in [-0.39, 0.29) is 43.2 Å². The Balaban J connectivity index is 1.37. The summed E-state index contributed by atoms with van der Waals surface area (Å²) >= 11 is 0. The van der Waals surface area contributed by atoms with Crippen LogP contribution in [0.1, 0.15) is 58.8 Å². The number of ketones is 2. The highest BCUT2D eigenvalue weighted by Crippen LogP contribution is 2.67. The maximum absolute atomic E-state index is 13.3. The predicted octanol–water partition coefficient (Wildman–Crippen LogP) is 1.26. The molecule has 0 aromatic heterocycles. The van der Waals surface area contributed by atoms with Gasteiger partial charge in [-0.2, -0.15) is 0 Å². The number of esters is 1. The first-order valence-corrected chi connectivity index (χ1v) is 13.4. The number of rotatable bonds is 10. The maximum Gasteiger partial charge on any atom is 0.306 e. The van der Waals surface area contributed by atoms with Gasteiger partial charge in [0.05, 0.1) is 19.3 Å². The zero-order valence-corrected chi connectivity index (χ0v) is 21.7. The molecular weight excluding hydrogens is 480 g/mol. The zero-order chi connectivity index (χ0) is 27.0. The molecule has 0 radical (unpaired) electrons. The fraction of sp³-hybridized carbons (Fsp3) is 0.750. The van der Waals surface area contributed by atoms with Crippen LogP contribution in [0.5, 0.6) is 0 Å². The Bertz CT molecular complexity index is 969. The number of fused-ring (bicyclic) bond motifs is 5. The molecule has 3 fully saturated rings. The van der Waals surface area contributed by atoms with E-state index in [0.717, 1.165) is 18.4 Å². The van der Waals surface area contributed by atoms with Crippen LogP contribution in [0.2, 0.25) is 0 Å². The molecule has 9 heteroatoms. The molecule has 4 N–H and O–H groups in total. The van der Waals surface area contributed by atoms with E-state index in [1.807, 2.05) is 13.0 Å². The van der Waals surface area contributed by atoms with Crippen molar-refractivity contribution in [1.82, 2.24) is 0 Å². The van der Waals surface area contributed by atoms with E-state index in [1.165, 1.54) is 0 Å². The van der Waals surface area contributed by atoms with Gasteiger partial charge in [-0.15, -0.1) is 0 Å². The molecule has 3 saturated carbocycles. The lowest BCUT2D eigenvalue weighted by Gasteiger charge is -2.59. The van der Waals surface area contributed by atoms with E-state index in [4.69, 9.17) is 19.7 Å². The lowest BCUT2D eigenvalue weighted by atomic mass is 9.46. The van der Waals surface area contributed by atoms with Crippen LogP contribution in [-0.2, 0) is 23.9 Å². The number of aliphatic hydroxyl groups excluding tert-OH is 3. The summed E-state index contributed by atoms with van der Waals surface area (Å²) in [5.41, 5.74) is -1.73. The second kappa shape index (κ2) is 10.7. The van der Waals surface area contributed by atoms with Crippen molar-refractivity contribution in [2.45, 2.75) is 76.6 Å². The molecule has 0 aromatic carbocycles. The number of carbonyl (C=O) groups excluding carboxylic acids is 3. The largest absolute Gasteiger partial charge is 0.457 e. The lowest BCUT2D eigenvalue weighted by Crippen LogP contribution is -2.61. The van der Waals surface area contributed by atoms with Gasteiger partial charge in [0.15, 0.2) is 11.6 Å². The van der Waals surface area contributed by atoms with E-state index in [2.05, 4.69) is 6.92 Å². The molecule has 3 unspecified atom stereocenters. The minimum absolute atomic E-state index is 0.0131. The van der Waals surface area contributed by atoms with E-state index >= 15 is 0 Å². The molecule has 7 atom stereocenters. The van der Waals surface area contributed by atoms with Gasteiger partial charge in [-0.1, -0.05) is 25.5 Å². The number of ether oxygens (including phenoxy) is 2. The summed E-state index contributed by atoms with van der Waals surface area (Å²) in [6.45, 7) is 2.92. The highest BCUT2D eigenvalue weighted by atomic mass is 16.6. The molecule has 4 aliphatic rings. The topological polar surface area (TPSA) is 151 Å². The normalized spacial score (nSPS) is 38.6. The van der Waals surface area contributed by atoms with Crippen LogP contribution in [0.3, 0.4) is 0 Å². The van der Waals surface area contributed by atoms with Crippen LogP contribution in [-0.4, -0.2) is 82.2 Å². The van der Waals surface area contributed by atoms with Crippen molar-refractivity contribution in [2.24, 2.45) is 28.6 Å². The third kappa shape index (κ3) is 4.85. The second-order valence-corrected chi connectivity index (χ2v) is 11.7. The molecule has 4 aliphatic carbocycles. The van der Waals surface area contributed by atoms with Gasteiger partial charge in [0.2, 0.25) is 0 Å². The van der Waals surface area contributed by atoms with Crippen LogP contribution in [0.4, 0.5) is 0 Å². The minimum Gasteiger partial charge on any atom is -0.457 e. The van der Waals surface area contributed by atoms with Crippen molar-refractivity contribution in [3.63, 3.8) is 0 Å². The predicted molar refractivity (Wildman–Crippen MR) is 132 cm³/mol. The molecule has 0 saturated heterocycles. The van der Waals surface area contributed by atoms with Crippen molar-refractivity contribution in [2.75, 3.05) is 26.4 Å².